The van der Waals surface area contributed by atoms with Crippen LogP contribution in [0, 0.1) is 0 Å². The fourth-order valence-corrected chi connectivity index (χ4v) is 1.36. The van der Waals surface area contributed by atoms with Gasteiger partial charge in [-0.3, -0.25) is 0 Å². The van der Waals surface area contributed by atoms with Crippen molar-refractivity contribution in [2.24, 2.45) is 0 Å². The minimum atomic E-state index is -1.13. The molecule has 0 saturated carbocycles. The van der Waals surface area contributed by atoms with E-state index in [0.29, 0.717) is 0 Å². The first-order valence-electron chi connectivity index (χ1n) is 4.35. The van der Waals surface area contributed by atoms with Gasteiger partial charge in [0.15, 0.2) is 0 Å². The van der Waals surface area contributed by atoms with Crippen molar-refractivity contribution >= 4 is 17.5 Å². The van der Waals surface area contributed by atoms with Crippen LogP contribution in [0.4, 0.5) is 5.95 Å². The van der Waals surface area contributed by atoms with E-state index < -0.39 is 12.2 Å². The summed E-state index contributed by atoms with van der Waals surface area (Å²) in [6.07, 6.45) is -0.806. The van der Waals surface area contributed by atoms with Gasteiger partial charge in [-0.2, -0.15) is 0 Å². The highest BCUT2D eigenvalue weighted by molar-refractivity contribution is 6.30. The Balaban J connectivity index is 2.86. The Morgan fingerprint density at radius 2 is 2.27 bits per heavy atom. The van der Waals surface area contributed by atoms with Crippen molar-refractivity contribution in [2.45, 2.75) is 12.2 Å². The summed E-state index contributed by atoms with van der Waals surface area (Å²) in [4.78, 5) is 7.37. The van der Waals surface area contributed by atoms with Crippen LogP contribution in [0.15, 0.2) is 6.20 Å². The highest BCUT2D eigenvalue weighted by Crippen LogP contribution is 2.23. The van der Waals surface area contributed by atoms with Crippen LogP contribution >= 0.6 is 11.6 Å². The lowest BCUT2D eigenvalue weighted by Gasteiger charge is -2.17. The summed E-state index contributed by atoms with van der Waals surface area (Å²) in [5.41, 5.74) is 5.56. The average molecular weight is 233 g/mol. The Morgan fingerprint density at radius 3 is 2.80 bits per heavy atom. The van der Waals surface area contributed by atoms with Gasteiger partial charge in [0.05, 0.1) is 6.10 Å². The number of halogens is 1. The molecule has 6 nitrogen and oxygen atoms in total. The van der Waals surface area contributed by atoms with Gasteiger partial charge in [0.1, 0.15) is 11.3 Å². The summed E-state index contributed by atoms with van der Waals surface area (Å²) < 4.78 is 0. The molecule has 0 amide bonds. The number of nitrogens with two attached hydrogens (primary N) is 1. The van der Waals surface area contributed by atoms with Crippen LogP contribution in [0.25, 0.3) is 0 Å². The molecule has 0 spiro atoms. The molecule has 2 unspecified atom stereocenters. The Kier molecular flexibility index (Phi) is 4.22. The van der Waals surface area contributed by atoms with Crippen LogP contribution in [0.2, 0.25) is 5.15 Å². The van der Waals surface area contributed by atoms with Crippen molar-refractivity contribution in [1.29, 1.82) is 0 Å². The molecule has 0 aliphatic carbocycles. The van der Waals surface area contributed by atoms with Crippen LogP contribution in [0.3, 0.4) is 0 Å². The molecule has 7 heteroatoms. The second-order valence-electron chi connectivity index (χ2n) is 3.04. The molecule has 0 bridgehead atoms. The summed E-state index contributed by atoms with van der Waals surface area (Å²) in [5.74, 6) is 0.0269. The first-order valence-corrected chi connectivity index (χ1v) is 4.72. The maximum Gasteiger partial charge on any atom is 0.221 e. The maximum atomic E-state index is 9.70. The Labute approximate surface area is 92.1 Å². The molecule has 5 N–H and O–H groups in total. The van der Waals surface area contributed by atoms with Crippen molar-refractivity contribution < 1.29 is 10.2 Å². The van der Waals surface area contributed by atoms with Gasteiger partial charge < -0.3 is 21.3 Å². The smallest absolute Gasteiger partial charge is 0.221 e. The number of anilines is 1. The molecular weight excluding hydrogens is 220 g/mol. The van der Waals surface area contributed by atoms with Gasteiger partial charge in [-0.15, -0.1) is 0 Å². The fraction of sp³-hybridized carbons (Fsp3) is 0.500. The zero-order chi connectivity index (χ0) is 11.4. The lowest BCUT2D eigenvalue weighted by atomic mass is 10.1. The number of rotatable bonds is 4. The van der Waals surface area contributed by atoms with Gasteiger partial charge in [0.25, 0.3) is 0 Å². The minimum Gasteiger partial charge on any atom is -0.389 e. The van der Waals surface area contributed by atoms with Crippen molar-refractivity contribution in [1.82, 2.24) is 15.3 Å². The zero-order valence-electron chi connectivity index (χ0n) is 8.18. The third-order valence-electron chi connectivity index (χ3n) is 1.88. The standard InChI is InChI=1S/C8H13ClN4O2/c1-11-3-5(14)6(15)4-2-12-8(10)13-7(4)9/h2,5-6,11,14-15H,3H2,1H3,(H2,10,12,13). The Bertz CT molecular complexity index is 336. The summed E-state index contributed by atoms with van der Waals surface area (Å²) in [6, 6.07) is 0. The quantitative estimate of drug-likeness (QED) is 0.513. The molecule has 1 aromatic rings. The molecule has 1 heterocycles. The van der Waals surface area contributed by atoms with Crippen LogP contribution in [-0.2, 0) is 0 Å². The molecule has 84 valence electrons. The molecule has 0 saturated heterocycles. The van der Waals surface area contributed by atoms with Gasteiger partial charge in [0, 0.05) is 18.3 Å². The van der Waals surface area contributed by atoms with Crippen molar-refractivity contribution in [3.63, 3.8) is 0 Å². The van der Waals surface area contributed by atoms with Gasteiger partial charge >= 0.3 is 0 Å². The summed E-state index contributed by atoms with van der Waals surface area (Å²) in [7, 11) is 1.66. The number of nitrogens with zero attached hydrogens (tertiary/aromatic N) is 2. The first-order chi connectivity index (χ1) is 7.06. The fourth-order valence-electron chi connectivity index (χ4n) is 1.11. The van der Waals surface area contributed by atoms with Gasteiger partial charge in [0.2, 0.25) is 5.95 Å². The second-order valence-corrected chi connectivity index (χ2v) is 3.40. The minimum absolute atomic E-state index is 0.0269. The zero-order valence-corrected chi connectivity index (χ0v) is 8.94. The van der Waals surface area contributed by atoms with E-state index in [1.165, 1.54) is 6.20 Å². The number of aromatic nitrogens is 2. The molecule has 0 aliphatic rings. The van der Waals surface area contributed by atoms with Crippen LogP contribution < -0.4 is 11.1 Å². The van der Waals surface area contributed by atoms with E-state index in [0.717, 1.165) is 0 Å². The molecule has 1 aromatic heterocycles. The number of nitrogens with one attached hydrogen (secondary N) is 1. The third kappa shape index (κ3) is 3.00. The summed E-state index contributed by atoms with van der Waals surface area (Å²) in [5, 5.41) is 22.0. The third-order valence-corrected chi connectivity index (χ3v) is 2.19. The van der Waals surface area contributed by atoms with E-state index in [1.54, 1.807) is 7.05 Å². The number of likely N-dealkylation sites (N-methyl/N-ethyl adjacent to an activating group) is 1. The highest BCUT2D eigenvalue weighted by atomic mass is 35.5. The largest absolute Gasteiger partial charge is 0.389 e. The molecule has 0 radical (unpaired) electrons. The predicted octanol–water partition coefficient (Wildman–Crippen LogP) is -0.674. The monoisotopic (exact) mass is 232 g/mol. The number of hydrogen-bond donors (Lipinski definition) is 4. The molecular formula is C8H13ClN4O2. The molecule has 0 fully saturated rings. The Morgan fingerprint density at radius 1 is 1.60 bits per heavy atom. The van der Waals surface area contributed by atoms with E-state index in [-0.39, 0.29) is 23.2 Å². The Hall–Kier alpha value is -0.950. The second kappa shape index (κ2) is 5.22. The lowest BCUT2D eigenvalue weighted by molar-refractivity contribution is 0.0199. The van der Waals surface area contributed by atoms with Crippen LogP contribution in [-0.4, -0.2) is 39.9 Å². The predicted molar refractivity (Wildman–Crippen MR) is 56.3 cm³/mol. The molecule has 15 heavy (non-hydrogen) atoms. The molecule has 0 aromatic carbocycles. The number of nitrogen functional groups attached to an aromatic ring is 1. The van der Waals surface area contributed by atoms with Crippen molar-refractivity contribution in [3.05, 3.63) is 16.9 Å². The van der Waals surface area contributed by atoms with E-state index in [4.69, 9.17) is 17.3 Å². The van der Waals surface area contributed by atoms with E-state index >= 15 is 0 Å². The topological polar surface area (TPSA) is 104 Å². The highest BCUT2D eigenvalue weighted by Gasteiger charge is 2.21. The summed E-state index contributed by atoms with van der Waals surface area (Å²) in [6.45, 7) is 0.238. The van der Waals surface area contributed by atoms with Crippen LogP contribution in [0.1, 0.15) is 11.7 Å². The first kappa shape index (κ1) is 12.1. The number of hydrogen-bond acceptors (Lipinski definition) is 6. The van der Waals surface area contributed by atoms with Crippen molar-refractivity contribution in [2.75, 3.05) is 19.3 Å². The van der Waals surface area contributed by atoms with Crippen molar-refractivity contribution in [3.8, 4) is 0 Å². The summed E-state index contributed by atoms with van der Waals surface area (Å²) >= 11 is 5.75. The van der Waals surface area contributed by atoms with E-state index in [1.807, 2.05) is 0 Å². The number of aliphatic hydroxyl groups is 2. The average Bonchev–Trinajstić information content (AvgIpc) is 2.17. The molecule has 2 atom stereocenters. The van der Waals surface area contributed by atoms with Crippen LogP contribution in [0.5, 0.6) is 0 Å². The molecule has 0 aliphatic heterocycles. The van der Waals surface area contributed by atoms with E-state index in [2.05, 4.69) is 15.3 Å². The SMILES string of the molecule is CNCC(O)C(O)c1cnc(N)nc1Cl. The lowest BCUT2D eigenvalue weighted by Crippen LogP contribution is -2.30. The number of aliphatic hydroxyl groups excluding tert-OH is 2. The maximum absolute atomic E-state index is 9.70. The van der Waals surface area contributed by atoms with Gasteiger partial charge in [-0.25, -0.2) is 9.97 Å². The normalized spacial score (nSPS) is 14.9. The van der Waals surface area contributed by atoms with Gasteiger partial charge in [-0.1, -0.05) is 11.6 Å². The van der Waals surface area contributed by atoms with E-state index in [9.17, 15) is 10.2 Å². The van der Waals surface area contributed by atoms with Gasteiger partial charge in [-0.05, 0) is 7.05 Å². The molecule has 1 rings (SSSR count).